The van der Waals surface area contributed by atoms with Crippen molar-refractivity contribution >= 4 is 53.4 Å². The number of allylic oxidation sites excluding steroid dienone is 2. The van der Waals surface area contributed by atoms with Gasteiger partial charge in [-0.3, -0.25) is 43.2 Å². The molecule has 0 aromatic heterocycles. The molecule has 20 nitrogen and oxygen atoms in total. The predicted molar refractivity (Wildman–Crippen MR) is 182 cm³/mol. The molecule has 310 valence electrons. The van der Waals surface area contributed by atoms with Crippen molar-refractivity contribution in [2.75, 3.05) is 13.2 Å². The molecule has 2 heterocycles. The fourth-order valence-corrected chi connectivity index (χ4v) is 6.30. The molecular formula is C37H42O20. The van der Waals surface area contributed by atoms with Gasteiger partial charge in [-0.1, -0.05) is 24.3 Å². The van der Waals surface area contributed by atoms with E-state index in [-0.39, 0.29) is 16.7 Å². The van der Waals surface area contributed by atoms with E-state index in [2.05, 4.69) is 0 Å². The zero-order valence-electron chi connectivity index (χ0n) is 32.2. The van der Waals surface area contributed by atoms with E-state index in [4.69, 9.17) is 52.1 Å². The third kappa shape index (κ3) is 11.0. The summed E-state index contributed by atoms with van der Waals surface area (Å²) in [5.41, 5.74) is -0.0293. The lowest BCUT2D eigenvalue weighted by molar-refractivity contribution is -0.358. The summed E-state index contributed by atoms with van der Waals surface area (Å²) in [6, 6.07) is 5.96. The topological polar surface area (TPSA) is 255 Å². The SMILES string of the molecule is CC(=O)OC[C@H]1O[C@H](O[C@H]2[C@H](OC(C)=O)[C@@H](OC(C)=O)[C@H](OC3=C(C)C(=O)c4ccccc4C3=O)O[C@@H]2COC(C)=O)[C@H](OC(C)=O)[C@@H](OC(C)=O)[C@@H]1OC(C)=O. The van der Waals surface area contributed by atoms with Crippen LogP contribution in [-0.2, 0) is 85.7 Å². The van der Waals surface area contributed by atoms with Gasteiger partial charge in [0.1, 0.15) is 31.5 Å². The molecule has 3 aliphatic rings. The predicted octanol–water partition coefficient (Wildman–Crippen LogP) is 0.976. The highest BCUT2D eigenvalue weighted by atomic mass is 16.8. The Balaban J connectivity index is 1.85. The molecule has 4 rings (SSSR count). The summed E-state index contributed by atoms with van der Waals surface area (Å²) in [4.78, 5) is 113. The first-order valence-corrected chi connectivity index (χ1v) is 17.4. The van der Waals surface area contributed by atoms with E-state index in [1.807, 2.05) is 0 Å². The first-order valence-electron chi connectivity index (χ1n) is 17.4. The highest BCUT2D eigenvalue weighted by molar-refractivity contribution is 6.25. The molecule has 1 aromatic rings. The number of rotatable bonds is 13. The summed E-state index contributed by atoms with van der Waals surface area (Å²) in [5.74, 6) is -8.15. The van der Waals surface area contributed by atoms with Gasteiger partial charge in [0, 0.05) is 65.2 Å². The number of carbonyl (C=O) groups is 9. The third-order valence-electron chi connectivity index (χ3n) is 8.42. The maximum absolute atomic E-state index is 13.7. The van der Waals surface area contributed by atoms with E-state index < -0.39 is 134 Å². The van der Waals surface area contributed by atoms with Gasteiger partial charge in [-0.15, -0.1) is 0 Å². The van der Waals surface area contributed by atoms with E-state index in [1.165, 1.54) is 25.1 Å². The minimum atomic E-state index is -1.90. The summed E-state index contributed by atoms with van der Waals surface area (Å²) in [7, 11) is 0. The fraction of sp³-hybridized carbons (Fsp3) is 0.541. The smallest absolute Gasteiger partial charge is 0.303 e. The van der Waals surface area contributed by atoms with Gasteiger partial charge in [-0.05, 0) is 6.92 Å². The van der Waals surface area contributed by atoms with Crippen LogP contribution < -0.4 is 0 Å². The first kappa shape index (κ1) is 44.0. The van der Waals surface area contributed by atoms with E-state index in [0.717, 1.165) is 48.5 Å². The monoisotopic (exact) mass is 806 g/mol. The minimum Gasteiger partial charge on any atom is -0.463 e. The second-order valence-corrected chi connectivity index (χ2v) is 12.9. The lowest BCUT2D eigenvalue weighted by Crippen LogP contribution is -2.67. The first-order chi connectivity index (χ1) is 26.8. The van der Waals surface area contributed by atoms with Gasteiger partial charge >= 0.3 is 41.8 Å². The molecule has 0 N–H and O–H groups in total. The normalized spacial score (nSPS) is 28.2. The summed E-state index contributed by atoms with van der Waals surface area (Å²) in [6.45, 7) is 7.17. The number of Topliss-reactive ketones (excluding diaryl/α,β-unsaturated/α-hetero) is 2. The van der Waals surface area contributed by atoms with Crippen LogP contribution in [-0.4, -0.2) is 128 Å². The molecule has 20 heteroatoms. The molecule has 2 fully saturated rings. The Morgan fingerprint density at radius 1 is 0.509 bits per heavy atom. The Bertz CT molecular complexity index is 1810. The molecule has 2 aliphatic heterocycles. The standard InChI is InChI=1S/C37H42O20/c1-15-27(45)23-11-9-10-12-24(23)28(46)29(15)56-36-35(53-22(8)44)33(51-20(6)42)31(26(55-36)14-48-17(3)39)57-37-34(52-21(7)43)32(50-19(5)41)30(49-18(4)40)25(54-37)13-47-16(2)38/h9-12,25-26,30-37H,13-14H2,1-8H3/t25-,26-,30-,31-,32+,33+,34-,35-,36+,37-/m1/s1. The molecule has 1 aliphatic carbocycles. The molecule has 0 amide bonds. The fourth-order valence-electron chi connectivity index (χ4n) is 6.30. The minimum absolute atomic E-state index is 0.000752. The van der Waals surface area contributed by atoms with Gasteiger partial charge in [-0.2, -0.15) is 0 Å². The van der Waals surface area contributed by atoms with Crippen molar-refractivity contribution in [3.63, 3.8) is 0 Å². The zero-order chi connectivity index (χ0) is 42.3. The van der Waals surface area contributed by atoms with Crippen LogP contribution in [0.4, 0.5) is 0 Å². The van der Waals surface area contributed by atoms with Crippen molar-refractivity contribution in [2.45, 2.75) is 117 Å². The Kier molecular flexibility index (Phi) is 14.6. The lowest BCUT2D eigenvalue weighted by Gasteiger charge is -2.48. The van der Waals surface area contributed by atoms with Gasteiger partial charge in [0.25, 0.3) is 0 Å². The maximum atomic E-state index is 13.7. The van der Waals surface area contributed by atoms with Crippen LogP contribution in [0.3, 0.4) is 0 Å². The Morgan fingerprint density at radius 2 is 0.895 bits per heavy atom. The molecule has 0 saturated carbocycles. The van der Waals surface area contributed by atoms with Gasteiger partial charge < -0.3 is 52.1 Å². The number of carbonyl (C=O) groups excluding carboxylic acids is 9. The van der Waals surface area contributed by atoms with Gasteiger partial charge in [0.15, 0.2) is 42.2 Å². The maximum Gasteiger partial charge on any atom is 0.303 e. The molecule has 0 spiro atoms. The van der Waals surface area contributed by atoms with Crippen molar-refractivity contribution in [3.05, 3.63) is 46.7 Å². The van der Waals surface area contributed by atoms with Crippen LogP contribution in [0.25, 0.3) is 0 Å². The third-order valence-corrected chi connectivity index (χ3v) is 8.42. The summed E-state index contributed by atoms with van der Waals surface area (Å²) < 4.78 is 62.4. The van der Waals surface area contributed by atoms with Crippen LogP contribution >= 0.6 is 0 Å². The van der Waals surface area contributed by atoms with E-state index in [1.54, 1.807) is 6.07 Å². The van der Waals surface area contributed by atoms with Crippen LogP contribution in [0.5, 0.6) is 0 Å². The highest BCUT2D eigenvalue weighted by Crippen LogP contribution is 2.37. The zero-order valence-corrected chi connectivity index (χ0v) is 32.2. The number of benzene rings is 1. The number of esters is 7. The number of fused-ring (bicyclic) bond motifs is 1. The second kappa shape index (κ2) is 18.9. The largest absolute Gasteiger partial charge is 0.463 e. The molecule has 0 bridgehead atoms. The molecule has 1 aromatic carbocycles. The van der Waals surface area contributed by atoms with Crippen molar-refractivity contribution in [2.24, 2.45) is 0 Å². The molecule has 57 heavy (non-hydrogen) atoms. The van der Waals surface area contributed by atoms with Crippen molar-refractivity contribution < 1.29 is 95.3 Å². The average Bonchev–Trinajstić information content (AvgIpc) is 3.11. The van der Waals surface area contributed by atoms with Crippen molar-refractivity contribution in [3.8, 4) is 0 Å². The van der Waals surface area contributed by atoms with Gasteiger partial charge in [0.05, 0.1) is 0 Å². The number of hydrogen-bond donors (Lipinski definition) is 0. The van der Waals surface area contributed by atoms with E-state index in [9.17, 15) is 43.2 Å². The summed E-state index contributed by atoms with van der Waals surface area (Å²) >= 11 is 0. The Hall–Kier alpha value is -5.73. The molecule has 2 saturated heterocycles. The molecule has 10 atom stereocenters. The molecule has 0 radical (unpaired) electrons. The van der Waals surface area contributed by atoms with E-state index in [0.29, 0.717) is 0 Å². The van der Waals surface area contributed by atoms with Crippen molar-refractivity contribution in [1.29, 1.82) is 0 Å². The number of hydrogen-bond acceptors (Lipinski definition) is 20. The van der Waals surface area contributed by atoms with Crippen LogP contribution in [0, 0.1) is 0 Å². The average molecular weight is 807 g/mol. The lowest BCUT2D eigenvalue weighted by atomic mass is 9.89. The highest BCUT2D eigenvalue weighted by Gasteiger charge is 2.58. The quantitative estimate of drug-likeness (QED) is 0.199. The van der Waals surface area contributed by atoms with Gasteiger partial charge in [-0.25, -0.2) is 0 Å². The van der Waals surface area contributed by atoms with Crippen molar-refractivity contribution in [1.82, 2.24) is 0 Å². The van der Waals surface area contributed by atoms with Crippen LogP contribution in [0.15, 0.2) is 35.6 Å². The van der Waals surface area contributed by atoms with Crippen LogP contribution in [0.1, 0.15) is 76.1 Å². The van der Waals surface area contributed by atoms with E-state index >= 15 is 0 Å². The number of ketones is 2. The van der Waals surface area contributed by atoms with Gasteiger partial charge in [0.2, 0.25) is 18.2 Å². The number of ether oxygens (including phenoxy) is 11. The second-order valence-electron chi connectivity index (χ2n) is 12.9. The molecular weight excluding hydrogens is 764 g/mol. The van der Waals surface area contributed by atoms with Crippen LogP contribution in [0.2, 0.25) is 0 Å². The Morgan fingerprint density at radius 3 is 1.37 bits per heavy atom. The summed E-state index contributed by atoms with van der Waals surface area (Å²) in [5, 5.41) is 0. The summed E-state index contributed by atoms with van der Waals surface area (Å²) in [6.07, 6.45) is -17.2. The Labute approximate surface area is 325 Å². The molecule has 0 unspecified atom stereocenters.